The number of ether oxygens (including phenoxy) is 1. The Hall–Kier alpha value is -4.90. The predicted molar refractivity (Wildman–Crippen MR) is 152 cm³/mol. The predicted octanol–water partition coefficient (Wildman–Crippen LogP) is 4.37. The number of aromatic nitrogens is 3. The molecule has 0 radical (unpaired) electrons. The van der Waals surface area contributed by atoms with Gasteiger partial charge in [0.2, 0.25) is 12.1 Å². The quantitative estimate of drug-likeness (QED) is 0.292. The maximum atomic E-state index is 15.4. The number of aliphatic imine (C=N–C) groups is 1. The number of hydrogen-bond donors (Lipinski definition) is 3. The molecule has 4 heterocycles. The van der Waals surface area contributed by atoms with Gasteiger partial charge in [0.15, 0.2) is 6.23 Å². The van der Waals surface area contributed by atoms with Crippen LogP contribution < -0.4 is 16.0 Å². The third kappa shape index (κ3) is 5.19. The maximum Gasteiger partial charge on any atom is 0.269 e. The number of anilines is 2. The number of carbonyl (C=O) groups is 2. The van der Waals surface area contributed by atoms with E-state index in [0.717, 1.165) is 11.1 Å². The summed E-state index contributed by atoms with van der Waals surface area (Å²) in [5, 5.41) is 13.0. The van der Waals surface area contributed by atoms with E-state index >= 15 is 4.39 Å². The summed E-state index contributed by atoms with van der Waals surface area (Å²) in [6.07, 6.45) is 0.294. The Morgan fingerprint density at radius 3 is 2.54 bits per heavy atom. The highest BCUT2D eigenvalue weighted by Crippen LogP contribution is 2.33. The zero-order valence-electron chi connectivity index (χ0n) is 22.5. The topological polar surface area (TPSA) is 123 Å². The van der Waals surface area contributed by atoms with Crippen molar-refractivity contribution in [1.82, 2.24) is 20.1 Å². The van der Waals surface area contributed by atoms with E-state index in [1.54, 1.807) is 18.2 Å². The molecular weight excluding hydrogens is 525 g/mol. The fraction of sp³-hybridized carbons (Fsp3) is 0.233. The number of carbonyl (C=O) groups excluding carboxylic acids is 2. The Morgan fingerprint density at radius 1 is 1.07 bits per heavy atom. The lowest BCUT2D eigenvalue weighted by Gasteiger charge is -2.28. The van der Waals surface area contributed by atoms with Crippen molar-refractivity contribution in [1.29, 1.82) is 0 Å². The van der Waals surface area contributed by atoms with Crippen LogP contribution in [0.25, 0.3) is 11.3 Å². The van der Waals surface area contributed by atoms with Gasteiger partial charge < -0.3 is 20.7 Å². The van der Waals surface area contributed by atoms with Crippen LogP contribution in [0.1, 0.15) is 48.0 Å². The second kappa shape index (κ2) is 10.9. The fourth-order valence-corrected chi connectivity index (χ4v) is 4.80. The van der Waals surface area contributed by atoms with Gasteiger partial charge in [-0.05, 0) is 32.0 Å². The van der Waals surface area contributed by atoms with E-state index in [1.165, 1.54) is 10.9 Å². The first kappa shape index (κ1) is 26.3. The number of benzene rings is 2. The molecule has 2 atom stereocenters. The summed E-state index contributed by atoms with van der Waals surface area (Å²) in [5.41, 5.74) is 3.00. The Bertz CT molecular complexity index is 1650. The number of para-hydroxylation sites is 1. The van der Waals surface area contributed by atoms with E-state index in [2.05, 4.69) is 31.0 Å². The van der Waals surface area contributed by atoms with Gasteiger partial charge in [-0.15, -0.1) is 0 Å². The number of nitrogens with one attached hydrogen (secondary N) is 3. The van der Waals surface area contributed by atoms with Crippen molar-refractivity contribution >= 4 is 29.0 Å². The highest BCUT2D eigenvalue weighted by Gasteiger charge is 2.32. The number of pyridine rings is 1. The molecule has 2 aromatic carbocycles. The highest BCUT2D eigenvalue weighted by molar-refractivity contribution is 6.20. The van der Waals surface area contributed by atoms with E-state index in [1.807, 2.05) is 62.4 Å². The molecule has 1 saturated heterocycles. The maximum absolute atomic E-state index is 15.4. The van der Waals surface area contributed by atoms with Gasteiger partial charge in [-0.2, -0.15) is 9.49 Å². The normalized spacial score (nSPS) is 18.0. The molecule has 1 fully saturated rings. The molecule has 6 rings (SSSR count). The van der Waals surface area contributed by atoms with Crippen LogP contribution in [-0.2, 0) is 9.53 Å². The Morgan fingerprint density at radius 2 is 1.83 bits per heavy atom. The lowest BCUT2D eigenvalue weighted by molar-refractivity contribution is -0.117. The van der Waals surface area contributed by atoms with Crippen LogP contribution >= 0.6 is 0 Å². The van der Waals surface area contributed by atoms with Crippen LogP contribution in [0.15, 0.2) is 77.9 Å². The van der Waals surface area contributed by atoms with Crippen LogP contribution in [0.2, 0.25) is 0 Å². The van der Waals surface area contributed by atoms with Gasteiger partial charge in [-0.25, -0.2) is 14.7 Å². The number of benzodiazepines with no additional fused rings is 1. The Labute approximate surface area is 235 Å². The van der Waals surface area contributed by atoms with Crippen molar-refractivity contribution in [2.24, 2.45) is 4.99 Å². The first-order valence-electron chi connectivity index (χ1n) is 13.4. The second-order valence-electron chi connectivity index (χ2n) is 10.1. The molecule has 2 aliphatic heterocycles. The zero-order chi connectivity index (χ0) is 28.5. The molecule has 3 N–H and O–H groups in total. The lowest BCUT2D eigenvalue weighted by atomic mass is 10.0. The molecule has 0 saturated carbocycles. The lowest BCUT2D eigenvalue weighted by Crippen LogP contribution is -2.42. The molecule has 2 aromatic heterocycles. The van der Waals surface area contributed by atoms with Crippen LogP contribution in [0.3, 0.4) is 0 Å². The first-order chi connectivity index (χ1) is 19.9. The van der Waals surface area contributed by atoms with Crippen LogP contribution in [-0.4, -0.2) is 51.1 Å². The molecule has 2 amide bonds. The molecule has 10 nitrogen and oxygen atoms in total. The first-order valence-corrected chi connectivity index (χ1v) is 13.4. The molecule has 208 valence electrons. The van der Waals surface area contributed by atoms with Crippen LogP contribution in [0.5, 0.6) is 0 Å². The summed E-state index contributed by atoms with van der Waals surface area (Å²) in [4.78, 5) is 35.7. The highest BCUT2D eigenvalue weighted by atomic mass is 19.1. The minimum absolute atomic E-state index is 0.0567. The van der Waals surface area contributed by atoms with E-state index in [4.69, 9.17) is 4.74 Å². The van der Waals surface area contributed by atoms with Gasteiger partial charge in [0.05, 0.1) is 41.0 Å². The van der Waals surface area contributed by atoms with Gasteiger partial charge in [-0.1, -0.05) is 48.5 Å². The summed E-state index contributed by atoms with van der Waals surface area (Å²) < 4.78 is 22.5. The summed E-state index contributed by atoms with van der Waals surface area (Å²) in [5.74, 6) is -1.55. The van der Waals surface area contributed by atoms with Crippen LogP contribution in [0, 0.1) is 5.95 Å². The van der Waals surface area contributed by atoms with Crippen molar-refractivity contribution in [3.63, 3.8) is 0 Å². The molecule has 2 aliphatic rings. The zero-order valence-corrected chi connectivity index (χ0v) is 22.5. The van der Waals surface area contributed by atoms with Gasteiger partial charge in [0.1, 0.15) is 5.82 Å². The number of fused-ring (bicyclic) bond motifs is 1. The van der Waals surface area contributed by atoms with E-state index in [9.17, 15) is 9.59 Å². The van der Waals surface area contributed by atoms with Crippen molar-refractivity contribution < 1.29 is 18.7 Å². The van der Waals surface area contributed by atoms with E-state index in [0.29, 0.717) is 30.2 Å². The average Bonchev–Trinajstić information content (AvgIpc) is 3.28. The number of rotatable bonds is 7. The molecule has 0 aliphatic carbocycles. The SMILES string of the molecule is CC(C)Nc1ccc(-c2c(C(=O)N[C@H]3N=C(c4ccccc4)c4ccccc4NC3=O)cnn2C2CCO2)c(F)n1. The standard InChI is InChI=1S/C30H28FN7O3/c1-17(2)33-23-13-12-20(27(31)35-23)26-21(16-32-38(26)24-14-15-41-24)29(39)37-28-30(40)34-22-11-7-6-10-19(22)25(36-28)18-8-4-3-5-9-18/h3-13,16-17,24,28H,14-15H2,1-2H3,(H,33,35)(H,34,40)(H,37,39)/t24?,28-/m1/s1. The largest absolute Gasteiger partial charge is 0.368 e. The van der Waals surface area contributed by atoms with Crippen molar-refractivity contribution in [3.8, 4) is 11.3 Å². The Kier molecular flexibility index (Phi) is 7.02. The monoisotopic (exact) mass is 553 g/mol. The minimum Gasteiger partial charge on any atom is -0.368 e. The number of nitrogens with zero attached hydrogens (tertiary/aromatic N) is 4. The summed E-state index contributed by atoms with van der Waals surface area (Å²) >= 11 is 0. The van der Waals surface area contributed by atoms with Gasteiger partial charge >= 0.3 is 0 Å². The van der Waals surface area contributed by atoms with E-state index < -0.39 is 30.2 Å². The number of amides is 2. The smallest absolute Gasteiger partial charge is 0.269 e. The summed E-state index contributed by atoms with van der Waals surface area (Å²) in [6.45, 7) is 4.38. The van der Waals surface area contributed by atoms with E-state index in [-0.39, 0.29) is 22.9 Å². The molecule has 1 unspecified atom stereocenters. The van der Waals surface area contributed by atoms with Crippen LogP contribution in [0.4, 0.5) is 15.9 Å². The average molecular weight is 554 g/mol. The van der Waals surface area contributed by atoms with Gasteiger partial charge in [0.25, 0.3) is 11.8 Å². The molecular formula is C30H28FN7O3. The molecule has 11 heteroatoms. The minimum atomic E-state index is -1.26. The van der Waals surface area contributed by atoms with Crippen molar-refractivity contribution in [2.75, 3.05) is 17.2 Å². The number of halogens is 1. The fourth-order valence-electron chi connectivity index (χ4n) is 4.80. The van der Waals surface area contributed by atoms with Gasteiger partial charge in [0, 0.05) is 23.6 Å². The summed E-state index contributed by atoms with van der Waals surface area (Å²) in [6, 6.07) is 20.0. The summed E-state index contributed by atoms with van der Waals surface area (Å²) in [7, 11) is 0. The molecule has 0 spiro atoms. The Balaban J connectivity index is 1.38. The van der Waals surface area contributed by atoms with Crippen molar-refractivity contribution in [3.05, 3.63) is 95.6 Å². The molecule has 0 bridgehead atoms. The third-order valence-electron chi connectivity index (χ3n) is 6.79. The van der Waals surface area contributed by atoms with Crippen molar-refractivity contribution in [2.45, 2.75) is 38.7 Å². The molecule has 4 aromatic rings. The number of hydrogen-bond acceptors (Lipinski definition) is 7. The van der Waals surface area contributed by atoms with Gasteiger partial charge in [-0.3, -0.25) is 9.59 Å². The molecule has 41 heavy (non-hydrogen) atoms. The third-order valence-corrected chi connectivity index (χ3v) is 6.79. The second-order valence-corrected chi connectivity index (χ2v) is 10.1.